The van der Waals surface area contributed by atoms with Gasteiger partial charge in [-0.1, -0.05) is 6.92 Å². The molecule has 0 saturated heterocycles. The maximum absolute atomic E-state index is 12.2. The maximum Gasteiger partial charge on any atom is 0.307 e. The molecule has 3 atom stereocenters. The highest BCUT2D eigenvalue weighted by atomic mass is 16.4. The van der Waals surface area contributed by atoms with Crippen molar-refractivity contribution in [1.82, 2.24) is 5.32 Å². The van der Waals surface area contributed by atoms with Crippen molar-refractivity contribution >= 4 is 11.9 Å². The molecule has 0 aromatic carbocycles. The third-order valence-corrected chi connectivity index (χ3v) is 4.83. The van der Waals surface area contributed by atoms with Crippen molar-refractivity contribution in [2.24, 2.45) is 23.7 Å². The van der Waals surface area contributed by atoms with E-state index in [0.717, 1.165) is 25.7 Å². The van der Waals surface area contributed by atoms with Crippen molar-refractivity contribution < 1.29 is 19.8 Å². The van der Waals surface area contributed by atoms with Crippen LogP contribution >= 0.6 is 0 Å². The van der Waals surface area contributed by atoms with E-state index in [4.69, 9.17) is 0 Å². The van der Waals surface area contributed by atoms with Crippen LogP contribution in [0.15, 0.2) is 0 Å². The Morgan fingerprint density at radius 3 is 2.30 bits per heavy atom. The molecule has 0 aromatic heterocycles. The molecule has 3 unspecified atom stereocenters. The number of hydrogen-bond donors (Lipinski definition) is 3. The van der Waals surface area contributed by atoms with Gasteiger partial charge in [0.25, 0.3) is 0 Å². The monoisotopic (exact) mass is 283 g/mol. The molecule has 20 heavy (non-hydrogen) atoms. The van der Waals surface area contributed by atoms with E-state index in [1.807, 2.05) is 6.92 Å². The van der Waals surface area contributed by atoms with E-state index in [1.54, 1.807) is 0 Å². The van der Waals surface area contributed by atoms with Crippen LogP contribution in [0.25, 0.3) is 0 Å². The zero-order valence-electron chi connectivity index (χ0n) is 12.0. The molecule has 0 aromatic rings. The predicted octanol–water partition coefficient (Wildman–Crippen LogP) is 1.40. The van der Waals surface area contributed by atoms with Crippen LogP contribution in [0.2, 0.25) is 0 Å². The van der Waals surface area contributed by atoms with Crippen LogP contribution in [0.1, 0.15) is 45.4 Å². The lowest BCUT2D eigenvalue weighted by atomic mass is 9.87. The third kappa shape index (κ3) is 3.72. The van der Waals surface area contributed by atoms with Crippen LogP contribution in [0, 0.1) is 23.7 Å². The Bertz CT molecular complexity index is 363. The molecule has 2 saturated carbocycles. The fourth-order valence-corrected chi connectivity index (χ4v) is 3.58. The minimum Gasteiger partial charge on any atom is -0.481 e. The van der Waals surface area contributed by atoms with Crippen molar-refractivity contribution in [2.45, 2.75) is 51.6 Å². The molecule has 114 valence electrons. The van der Waals surface area contributed by atoms with Gasteiger partial charge in [0.05, 0.1) is 17.9 Å². The molecule has 2 aliphatic rings. The zero-order chi connectivity index (χ0) is 14.7. The van der Waals surface area contributed by atoms with Crippen LogP contribution in [-0.4, -0.2) is 34.7 Å². The molecule has 2 rings (SSSR count). The number of aliphatic hydroxyl groups excluding tert-OH is 1. The van der Waals surface area contributed by atoms with E-state index in [2.05, 4.69) is 5.32 Å². The van der Waals surface area contributed by atoms with Gasteiger partial charge in [-0.15, -0.1) is 0 Å². The predicted molar refractivity (Wildman–Crippen MR) is 74.0 cm³/mol. The average molecular weight is 283 g/mol. The van der Waals surface area contributed by atoms with Gasteiger partial charge in [0.15, 0.2) is 0 Å². The first-order valence-electron chi connectivity index (χ1n) is 7.66. The topological polar surface area (TPSA) is 86.6 Å². The summed E-state index contributed by atoms with van der Waals surface area (Å²) in [5.41, 5.74) is 0. The number of carbonyl (C=O) groups excluding carboxylic acids is 1. The van der Waals surface area contributed by atoms with E-state index in [-0.39, 0.29) is 17.9 Å². The second-order valence-electron chi connectivity index (χ2n) is 6.55. The van der Waals surface area contributed by atoms with Gasteiger partial charge in [0.1, 0.15) is 0 Å². The lowest BCUT2D eigenvalue weighted by Crippen LogP contribution is -2.38. The molecule has 2 aliphatic carbocycles. The van der Waals surface area contributed by atoms with E-state index in [0.29, 0.717) is 31.2 Å². The van der Waals surface area contributed by atoms with Crippen LogP contribution in [0.4, 0.5) is 0 Å². The number of rotatable bonds is 4. The summed E-state index contributed by atoms with van der Waals surface area (Å²) in [6.45, 7) is 2.62. The van der Waals surface area contributed by atoms with Gasteiger partial charge >= 0.3 is 5.97 Å². The van der Waals surface area contributed by atoms with Crippen LogP contribution in [0.5, 0.6) is 0 Å². The summed E-state index contributed by atoms with van der Waals surface area (Å²) in [6, 6.07) is 0. The molecule has 0 spiro atoms. The van der Waals surface area contributed by atoms with E-state index >= 15 is 0 Å². The molecule has 0 heterocycles. The quantitative estimate of drug-likeness (QED) is 0.728. The molecule has 3 N–H and O–H groups in total. The second kappa shape index (κ2) is 6.57. The Labute approximate surface area is 119 Å². The summed E-state index contributed by atoms with van der Waals surface area (Å²) in [5.74, 6) is -1.14. The number of aliphatic hydroxyl groups is 1. The first-order valence-corrected chi connectivity index (χ1v) is 7.66. The van der Waals surface area contributed by atoms with Gasteiger partial charge in [-0.2, -0.15) is 0 Å². The number of aliphatic carboxylic acids is 1. The number of amides is 1. The lowest BCUT2D eigenvalue weighted by molar-refractivity contribution is -0.146. The van der Waals surface area contributed by atoms with Gasteiger partial charge in [-0.3, -0.25) is 9.59 Å². The average Bonchev–Trinajstić information content (AvgIpc) is 2.80. The minimum absolute atomic E-state index is 0.104. The van der Waals surface area contributed by atoms with Gasteiger partial charge in [0.2, 0.25) is 5.91 Å². The van der Waals surface area contributed by atoms with Crippen molar-refractivity contribution in [2.75, 3.05) is 6.54 Å². The normalized spacial score (nSPS) is 37.6. The summed E-state index contributed by atoms with van der Waals surface area (Å²) in [4.78, 5) is 23.4. The molecule has 1 amide bonds. The van der Waals surface area contributed by atoms with Gasteiger partial charge in [-0.25, -0.2) is 0 Å². The van der Waals surface area contributed by atoms with Crippen LogP contribution in [0.3, 0.4) is 0 Å². The Hall–Kier alpha value is -1.10. The van der Waals surface area contributed by atoms with Gasteiger partial charge in [-0.05, 0) is 50.4 Å². The smallest absolute Gasteiger partial charge is 0.307 e. The zero-order valence-corrected chi connectivity index (χ0v) is 12.0. The van der Waals surface area contributed by atoms with E-state index in [1.165, 1.54) is 0 Å². The summed E-state index contributed by atoms with van der Waals surface area (Å²) in [6.07, 6.45) is 4.57. The Morgan fingerprint density at radius 2 is 1.70 bits per heavy atom. The van der Waals surface area contributed by atoms with Gasteiger partial charge < -0.3 is 15.5 Å². The minimum atomic E-state index is -0.852. The standard InChI is InChI=1S/C15H25NO4/c1-9-6-12(13(7-9)15(19)20)14(18)16-8-10-2-4-11(17)5-3-10/h9-13,17H,2-8H2,1H3,(H,16,18)(H,19,20). The summed E-state index contributed by atoms with van der Waals surface area (Å²) < 4.78 is 0. The number of carboxylic acids is 1. The second-order valence-corrected chi connectivity index (χ2v) is 6.55. The van der Waals surface area contributed by atoms with Crippen molar-refractivity contribution in [1.29, 1.82) is 0 Å². The molecule has 2 fully saturated rings. The van der Waals surface area contributed by atoms with Crippen LogP contribution < -0.4 is 5.32 Å². The SMILES string of the molecule is CC1CC(C(=O)O)C(C(=O)NCC2CCC(O)CC2)C1. The molecular weight excluding hydrogens is 258 g/mol. The molecular formula is C15H25NO4. The fourth-order valence-electron chi connectivity index (χ4n) is 3.58. The van der Waals surface area contributed by atoms with E-state index < -0.39 is 11.9 Å². The highest BCUT2D eigenvalue weighted by Gasteiger charge is 2.41. The van der Waals surface area contributed by atoms with E-state index in [9.17, 15) is 19.8 Å². The van der Waals surface area contributed by atoms with Crippen molar-refractivity contribution in [3.63, 3.8) is 0 Å². The lowest BCUT2D eigenvalue weighted by Gasteiger charge is -2.26. The highest BCUT2D eigenvalue weighted by Crippen LogP contribution is 2.36. The first-order chi connectivity index (χ1) is 9.47. The number of carboxylic acid groups (broad SMARTS) is 1. The third-order valence-electron chi connectivity index (χ3n) is 4.83. The number of hydrogen-bond acceptors (Lipinski definition) is 3. The molecule has 0 aliphatic heterocycles. The van der Waals surface area contributed by atoms with Crippen LogP contribution in [-0.2, 0) is 9.59 Å². The molecule has 5 heteroatoms. The highest BCUT2D eigenvalue weighted by molar-refractivity contribution is 5.85. The first kappa shape index (κ1) is 15.3. The summed E-state index contributed by atoms with van der Waals surface area (Å²) >= 11 is 0. The number of nitrogens with one attached hydrogen (secondary N) is 1. The molecule has 0 bridgehead atoms. The Kier molecular flexibility index (Phi) is 5.02. The summed E-state index contributed by atoms with van der Waals surface area (Å²) in [7, 11) is 0. The number of carbonyl (C=O) groups is 2. The fraction of sp³-hybridized carbons (Fsp3) is 0.867. The van der Waals surface area contributed by atoms with Crippen molar-refractivity contribution in [3.05, 3.63) is 0 Å². The summed E-state index contributed by atoms with van der Waals surface area (Å²) in [5, 5.41) is 21.6. The van der Waals surface area contributed by atoms with Crippen molar-refractivity contribution in [3.8, 4) is 0 Å². The maximum atomic E-state index is 12.2. The van der Waals surface area contributed by atoms with Gasteiger partial charge in [0, 0.05) is 6.54 Å². The Morgan fingerprint density at radius 1 is 1.10 bits per heavy atom. The molecule has 0 radical (unpaired) electrons. The Balaban J connectivity index is 1.80. The molecule has 5 nitrogen and oxygen atoms in total. The largest absolute Gasteiger partial charge is 0.481 e.